The molecule has 1 atom stereocenters. The number of hydrogen-bond donors (Lipinski definition) is 1. The third-order valence-corrected chi connectivity index (χ3v) is 3.99. The summed E-state index contributed by atoms with van der Waals surface area (Å²) in [5.74, 6) is 0.0844. The molecule has 0 saturated heterocycles. The second kappa shape index (κ2) is 9.42. The van der Waals surface area contributed by atoms with Crippen LogP contribution in [0.25, 0.3) is 0 Å². The number of nitrogens with zero attached hydrogens (tertiary/aromatic N) is 1. The standard InChI is InChI=1S/C19H22ClNO4/c1-21(11-15-6-3-4-9-18(15)20)12-16(22)13-25-17-8-5-7-14(10-17)19(23)24-2/h3-10,16,22H,11-13H2,1-2H3. The van der Waals surface area contributed by atoms with E-state index in [0.717, 1.165) is 5.56 Å². The van der Waals surface area contributed by atoms with Crippen LogP contribution in [0, 0.1) is 0 Å². The first kappa shape index (κ1) is 19.2. The van der Waals surface area contributed by atoms with Gasteiger partial charge in [0.15, 0.2) is 0 Å². The normalized spacial score (nSPS) is 12.0. The average Bonchev–Trinajstić information content (AvgIpc) is 2.61. The zero-order valence-corrected chi connectivity index (χ0v) is 15.1. The van der Waals surface area contributed by atoms with E-state index in [9.17, 15) is 9.90 Å². The Hall–Kier alpha value is -2.08. The molecule has 5 nitrogen and oxygen atoms in total. The summed E-state index contributed by atoms with van der Waals surface area (Å²) in [5.41, 5.74) is 1.41. The summed E-state index contributed by atoms with van der Waals surface area (Å²) in [7, 11) is 3.23. The number of ether oxygens (including phenoxy) is 2. The summed E-state index contributed by atoms with van der Waals surface area (Å²) in [5, 5.41) is 10.9. The van der Waals surface area contributed by atoms with Gasteiger partial charge in [0.1, 0.15) is 18.5 Å². The number of rotatable bonds is 8. The summed E-state index contributed by atoms with van der Waals surface area (Å²) in [6.07, 6.45) is -0.672. The molecule has 0 bridgehead atoms. The van der Waals surface area contributed by atoms with E-state index in [2.05, 4.69) is 4.74 Å². The monoisotopic (exact) mass is 363 g/mol. The molecular weight excluding hydrogens is 342 g/mol. The highest BCUT2D eigenvalue weighted by atomic mass is 35.5. The van der Waals surface area contributed by atoms with Crippen LogP contribution in [0.1, 0.15) is 15.9 Å². The first-order chi connectivity index (χ1) is 12.0. The van der Waals surface area contributed by atoms with Gasteiger partial charge < -0.3 is 14.6 Å². The fourth-order valence-electron chi connectivity index (χ4n) is 2.42. The Bertz CT molecular complexity index is 707. The average molecular weight is 364 g/mol. The minimum absolute atomic E-state index is 0.123. The van der Waals surface area contributed by atoms with Crippen LogP contribution in [0.2, 0.25) is 5.02 Å². The van der Waals surface area contributed by atoms with E-state index in [1.165, 1.54) is 7.11 Å². The molecule has 0 aromatic heterocycles. The molecule has 0 heterocycles. The van der Waals surface area contributed by atoms with Crippen LogP contribution >= 0.6 is 11.6 Å². The van der Waals surface area contributed by atoms with Gasteiger partial charge in [0, 0.05) is 18.1 Å². The Morgan fingerprint density at radius 3 is 2.72 bits per heavy atom. The summed E-state index contributed by atoms with van der Waals surface area (Å²) in [6, 6.07) is 14.3. The molecule has 0 amide bonds. The molecule has 6 heteroatoms. The van der Waals surface area contributed by atoms with Crippen LogP contribution in [0.4, 0.5) is 0 Å². The maximum atomic E-state index is 11.5. The molecule has 0 fully saturated rings. The number of likely N-dealkylation sites (N-methyl/N-ethyl adjacent to an activating group) is 1. The summed E-state index contributed by atoms with van der Waals surface area (Å²) < 4.78 is 10.2. The third-order valence-electron chi connectivity index (χ3n) is 3.62. The fourth-order valence-corrected chi connectivity index (χ4v) is 2.61. The van der Waals surface area contributed by atoms with Gasteiger partial charge in [0.05, 0.1) is 12.7 Å². The smallest absolute Gasteiger partial charge is 0.337 e. The van der Waals surface area contributed by atoms with Gasteiger partial charge in [-0.2, -0.15) is 0 Å². The van der Waals surface area contributed by atoms with E-state index in [1.54, 1.807) is 24.3 Å². The Morgan fingerprint density at radius 1 is 1.24 bits per heavy atom. The van der Waals surface area contributed by atoms with Crippen molar-refractivity contribution in [1.82, 2.24) is 4.90 Å². The third kappa shape index (κ3) is 6.05. The summed E-state index contributed by atoms with van der Waals surface area (Å²) in [4.78, 5) is 13.5. The molecule has 134 valence electrons. The minimum Gasteiger partial charge on any atom is -0.491 e. The van der Waals surface area contributed by atoms with Crippen molar-refractivity contribution in [3.05, 3.63) is 64.7 Å². The van der Waals surface area contributed by atoms with E-state index >= 15 is 0 Å². The molecule has 2 aromatic rings. The van der Waals surface area contributed by atoms with Crippen molar-refractivity contribution in [2.24, 2.45) is 0 Å². The number of carbonyl (C=O) groups is 1. The molecule has 0 aliphatic heterocycles. The predicted molar refractivity (Wildman–Crippen MR) is 97.1 cm³/mol. The van der Waals surface area contributed by atoms with Crippen molar-refractivity contribution in [2.75, 3.05) is 27.3 Å². The molecule has 1 N–H and O–H groups in total. The number of aliphatic hydroxyl groups is 1. The predicted octanol–water partition coefficient (Wildman–Crippen LogP) is 3.00. The van der Waals surface area contributed by atoms with Gasteiger partial charge in [-0.05, 0) is 36.9 Å². The van der Waals surface area contributed by atoms with Gasteiger partial charge in [-0.15, -0.1) is 0 Å². The number of halogens is 1. The van der Waals surface area contributed by atoms with E-state index < -0.39 is 12.1 Å². The lowest BCUT2D eigenvalue weighted by molar-refractivity contribution is 0.0599. The molecule has 0 aliphatic rings. The second-order valence-corrected chi connectivity index (χ2v) is 6.18. The van der Waals surface area contributed by atoms with Crippen molar-refractivity contribution in [3.63, 3.8) is 0 Å². The Kier molecular flexibility index (Phi) is 7.25. The van der Waals surface area contributed by atoms with E-state index in [4.69, 9.17) is 16.3 Å². The lowest BCUT2D eigenvalue weighted by atomic mass is 10.2. The number of methoxy groups -OCH3 is 1. The first-order valence-electron chi connectivity index (χ1n) is 7.90. The fraction of sp³-hybridized carbons (Fsp3) is 0.316. The summed E-state index contributed by atoms with van der Waals surface area (Å²) in [6.45, 7) is 1.19. The highest BCUT2D eigenvalue weighted by molar-refractivity contribution is 6.31. The van der Waals surface area contributed by atoms with Crippen molar-refractivity contribution < 1.29 is 19.4 Å². The van der Waals surface area contributed by atoms with Crippen molar-refractivity contribution >= 4 is 17.6 Å². The van der Waals surface area contributed by atoms with Gasteiger partial charge >= 0.3 is 5.97 Å². The van der Waals surface area contributed by atoms with E-state index in [0.29, 0.717) is 29.4 Å². The quantitative estimate of drug-likeness (QED) is 0.731. The van der Waals surface area contributed by atoms with Crippen LogP contribution in [0.15, 0.2) is 48.5 Å². The lowest BCUT2D eigenvalue weighted by Crippen LogP contribution is -2.32. The number of aliphatic hydroxyl groups excluding tert-OH is 1. The minimum atomic E-state index is -0.672. The van der Waals surface area contributed by atoms with E-state index in [1.807, 2.05) is 36.2 Å². The van der Waals surface area contributed by atoms with Crippen molar-refractivity contribution in [1.29, 1.82) is 0 Å². The van der Waals surface area contributed by atoms with Gasteiger partial charge in [0.25, 0.3) is 0 Å². The highest BCUT2D eigenvalue weighted by Gasteiger charge is 2.12. The largest absolute Gasteiger partial charge is 0.491 e. The zero-order chi connectivity index (χ0) is 18.2. The molecule has 0 spiro atoms. The molecule has 1 unspecified atom stereocenters. The van der Waals surface area contributed by atoms with Gasteiger partial charge in [0.2, 0.25) is 0 Å². The molecule has 2 aromatic carbocycles. The number of esters is 1. The zero-order valence-electron chi connectivity index (χ0n) is 14.3. The SMILES string of the molecule is COC(=O)c1cccc(OCC(O)CN(C)Cc2ccccc2Cl)c1. The molecule has 0 radical (unpaired) electrons. The van der Waals surface area contributed by atoms with E-state index in [-0.39, 0.29) is 6.61 Å². The van der Waals surface area contributed by atoms with Gasteiger partial charge in [-0.3, -0.25) is 4.90 Å². The molecule has 0 saturated carbocycles. The Balaban J connectivity index is 1.83. The molecule has 25 heavy (non-hydrogen) atoms. The second-order valence-electron chi connectivity index (χ2n) is 5.77. The van der Waals surface area contributed by atoms with Crippen molar-refractivity contribution in [2.45, 2.75) is 12.6 Å². The Labute approximate surface area is 152 Å². The van der Waals surface area contributed by atoms with Crippen molar-refractivity contribution in [3.8, 4) is 5.75 Å². The highest BCUT2D eigenvalue weighted by Crippen LogP contribution is 2.17. The lowest BCUT2D eigenvalue weighted by Gasteiger charge is -2.21. The van der Waals surface area contributed by atoms with Crippen LogP contribution in [0.5, 0.6) is 5.75 Å². The first-order valence-corrected chi connectivity index (χ1v) is 8.28. The molecular formula is C19H22ClNO4. The maximum Gasteiger partial charge on any atom is 0.337 e. The number of hydrogen-bond acceptors (Lipinski definition) is 5. The molecule has 2 rings (SSSR count). The number of carbonyl (C=O) groups excluding carboxylic acids is 1. The van der Waals surface area contributed by atoms with Gasteiger partial charge in [-0.1, -0.05) is 35.9 Å². The van der Waals surface area contributed by atoms with Gasteiger partial charge in [-0.25, -0.2) is 4.79 Å². The van der Waals surface area contributed by atoms with Crippen LogP contribution in [-0.4, -0.2) is 49.4 Å². The van der Waals surface area contributed by atoms with Crippen LogP contribution < -0.4 is 4.74 Å². The molecule has 0 aliphatic carbocycles. The topological polar surface area (TPSA) is 59.0 Å². The Morgan fingerprint density at radius 2 is 2.00 bits per heavy atom. The van der Waals surface area contributed by atoms with Crippen LogP contribution in [-0.2, 0) is 11.3 Å². The maximum absolute atomic E-state index is 11.5. The summed E-state index contributed by atoms with van der Waals surface area (Å²) >= 11 is 6.15. The van der Waals surface area contributed by atoms with Crippen LogP contribution in [0.3, 0.4) is 0 Å². The number of benzene rings is 2.